The van der Waals surface area contributed by atoms with Crippen LogP contribution in [0, 0.1) is 0 Å². The highest BCUT2D eigenvalue weighted by atomic mass is 31.2. The largest absolute Gasteiger partial charge is 0.480 e. The van der Waals surface area contributed by atoms with Gasteiger partial charge in [-0.3, -0.25) is 18.6 Å². The van der Waals surface area contributed by atoms with Crippen molar-refractivity contribution in [1.82, 2.24) is 0 Å². The number of carbonyl (C=O) groups excluding carboxylic acids is 1. The Kier molecular flexibility index (Phi) is 49.3. The molecule has 0 aliphatic carbocycles. The zero-order chi connectivity index (χ0) is 49.0. The number of nitrogens with two attached hydrogens (primary N) is 1. The van der Waals surface area contributed by atoms with Crippen molar-refractivity contribution < 1.29 is 42.7 Å². The Balaban J connectivity index is 4.17. The molecule has 0 heterocycles. The van der Waals surface area contributed by atoms with E-state index in [0.717, 1.165) is 83.5 Å². The molecule has 0 saturated heterocycles. The first-order valence-electron chi connectivity index (χ1n) is 27.0. The molecule has 0 aliphatic rings. The number of phosphoric ester groups is 1. The lowest BCUT2D eigenvalue weighted by Gasteiger charge is -2.20. The van der Waals surface area contributed by atoms with E-state index in [1.165, 1.54) is 122 Å². The van der Waals surface area contributed by atoms with Gasteiger partial charge in [-0.25, -0.2) is 4.57 Å². The number of phosphoric acid groups is 1. The minimum absolute atomic E-state index is 0.00701. The number of carboxylic acid groups (broad SMARTS) is 1. The van der Waals surface area contributed by atoms with E-state index in [1.807, 2.05) is 0 Å². The summed E-state index contributed by atoms with van der Waals surface area (Å²) in [6, 6.07) is -1.48. The zero-order valence-electron chi connectivity index (χ0n) is 42.7. The molecule has 0 rings (SSSR count). The number of hydrogen-bond acceptors (Lipinski definition) is 8. The Morgan fingerprint density at radius 1 is 0.493 bits per heavy atom. The van der Waals surface area contributed by atoms with Crippen molar-refractivity contribution in [2.45, 2.75) is 244 Å². The van der Waals surface area contributed by atoms with Crippen molar-refractivity contribution in [2.75, 3.05) is 26.4 Å². The van der Waals surface area contributed by atoms with Crippen molar-refractivity contribution in [3.63, 3.8) is 0 Å². The van der Waals surface area contributed by atoms with Crippen molar-refractivity contribution in [3.8, 4) is 0 Å². The van der Waals surface area contributed by atoms with Crippen LogP contribution in [-0.2, 0) is 32.7 Å². The molecule has 10 nitrogen and oxygen atoms in total. The minimum Gasteiger partial charge on any atom is -0.480 e. The lowest BCUT2D eigenvalue weighted by molar-refractivity contribution is -0.154. The molecule has 3 atom stereocenters. The number of hydrogen-bond donors (Lipinski definition) is 3. The van der Waals surface area contributed by atoms with Crippen LogP contribution in [0.5, 0.6) is 0 Å². The van der Waals surface area contributed by atoms with E-state index >= 15 is 0 Å². The van der Waals surface area contributed by atoms with Gasteiger partial charge in [-0.05, 0) is 64.2 Å². The normalized spacial score (nSPS) is 14.2. The van der Waals surface area contributed by atoms with Gasteiger partial charge in [-0.2, -0.15) is 0 Å². The van der Waals surface area contributed by atoms with Gasteiger partial charge in [0.1, 0.15) is 12.1 Å². The second-order valence-corrected chi connectivity index (χ2v) is 19.4. The van der Waals surface area contributed by atoms with Crippen LogP contribution < -0.4 is 5.73 Å². The van der Waals surface area contributed by atoms with Crippen molar-refractivity contribution in [2.24, 2.45) is 5.73 Å². The molecule has 4 N–H and O–H groups in total. The number of unbranched alkanes of at least 4 members (excludes halogenated alkanes) is 25. The summed E-state index contributed by atoms with van der Waals surface area (Å²) in [6.45, 7) is 3.72. The minimum atomic E-state index is -4.64. The maximum absolute atomic E-state index is 12.7. The van der Waals surface area contributed by atoms with E-state index in [0.29, 0.717) is 13.0 Å². The van der Waals surface area contributed by atoms with Gasteiger partial charge in [0, 0.05) is 13.0 Å². The van der Waals surface area contributed by atoms with Crippen LogP contribution in [-0.4, -0.2) is 60.5 Å². The highest BCUT2D eigenvalue weighted by Gasteiger charge is 2.27. The summed E-state index contributed by atoms with van der Waals surface area (Å²) in [5, 5.41) is 8.94. The molecular formula is C56H100NO9P. The highest BCUT2D eigenvalue weighted by Crippen LogP contribution is 2.43. The van der Waals surface area contributed by atoms with Crippen LogP contribution in [0.4, 0.5) is 0 Å². The van der Waals surface area contributed by atoms with Gasteiger partial charge < -0.3 is 25.2 Å². The van der Waals surface area contributed by atoms with Crippen LogP contribution in [0.3, 0.4) is 0 Å². The molecule has 0 aromatic heterocycles. The fourth-order valence-electron chi connectivity index (χ4n) is 7.37. The molecule has 0 aliphatic heterocycles. The summed E-state index contributed by atoms with van der Waals surface area (Å²) in [6.07, 6.45) is 65.4. The molecule has 3 unspecified atom stereocenters. The van der Waals surface area contributed by atoms with Crippen LogP contribution in [0.1, 0.15) is 232 Å². The Bertz CT molecular complexity index is 1340. The third kappa shape index (κ3) is 51.1. The summed E-state index contributed by atoms with van der Waals surface area (Å²) in [5.41, 5.74) is 5.38. The molecule has 0 amide bonds. The fourth-order valence-corrected chi connectivity index (χ4v) is 8.15. The Morgan fingerprint density at radius 3 is 1.28 bits per heavy atom. The first-order chi connectivity index (χ1) is 32.7. The highest BCUT2D eigenvalue weighted by molar-refractivity contribution is 7.47. The summed E-state index contributed by atoms with van der Waals surface area (Å²) < 4.78 is 33.5. The van der Waals surface area contributed by atoms with Crippen LogP contribution in [0.15, 0.2) is 72.9 Å². The quantitative estimate of drug-likeness (QED) is 0.0232. The molecule has 0 bridgehead atoms. The molecule has 0 aromatic rings. The topological polar surface area (TPSA) is 155 Å². The lowest BCUT2D eigenvalue weighted by Crippen LogP contribution is -2.34. The summed E-state index contributed by atoms with van der Waals surface area (Å²) in [4.78, 5) is 33.7. The summed E-state index contributed by atoms with van der Waals surface area (Å²) in [7, 11) is -4.64. The van der Waals surface area contributed by atoms with E-state index in [4.69, 9.17) is 29.4 Å². The maximum Gasteiger partial charge on any atom is 0.472 e. The van der Waals surface area contributed by atoms with Gasteiger partial charge in [0.2, 0.25) is 0 Å². The van der Waals surface area contributed by atoms with Gasteiger partial charge in [0.05, 0.1) is 19.8 Å². The standard InChI is InChI=1S/C56H100NO9P/c1-3-5-7-9-11-13-15-17-19-21-23-25-27-28-30-32-34-36-38-40-42-44-46-48-55(58)66-53(51-64-67(61,62)65-52-54(57)56(59)60)50-63-49-47-45-43-41-39-37-35-33-31-29-26-24-22-20-18-16-14-12-10-8-6-4-2/h6,8,12,14,18,20,24,26,31,33,37,39,53-54H,3-5,7,9-11,13,15-17,19,21-23,25,27-30,32,34-36,38,40-52,57H2,1-2H3,(H,59,60)(H,61,62)/b8-6-,14-12-,20-18-,26-24-,33-31-,39-37-. The van der Waals surface area contributed by atoms with E-state index < -0.39 is 45.1 Å². The van der Waals surface area contributed by atoms with Crippen LogP contribution in [0.25, 0.3) is 0 Å². The van der Waals surface area contributed by atoms with Gasteiger partial charge in [-0.1, -0.05) is 234 Å². The third-order valence-corrected chi connectivity index (χ3v) is 12.5. The van der Waals surface area contributed by atoms with Gasteiger partial charge in [0.15, 0.2) is 0 Å². The van der Waals surface area contributed by atoms with Crippen molar-refractivity contribution in [1.29, 1.82) is 0 Å². The molecule has 67 heavy (non-hydrogen) atoms. The molecule has 11 heteroatoms. The predicted molar refractivity (Wildman–Crippen MR) is 281 cm³/mol. The monoisotopic (exact) mass is 962 g/mol. The Hall–Kier alpha value is -2.59. The van der Waals surface area contributed by atoms with Crippen molar-refractivity contribution >= 4 is 19.8 Å². The number of carboxylic acids is 1. The average Bonchev–Trinajstić information content (AvgIpc) is 3.31. The molecular weight excluding hydrogens is 862 g/mol. The van der Waals surface area contributed by atoms with Crippen molar-refractivity contribution in [3.05, 3.63) is 72.9 Å². The smallest absolute Gasteiger partial charge is 0.472 e. The SMILES string of the molecule is CC/C=C\C/C=C\C/C=C\C/C=C\C/C=C\C/C=C\CCCCCOCC(COP(=O)(O)OCC(N)C(=O)O)OC(=O)CCCCCCCCCCCCCCCCCCCCCCCCC. The van der Waals surface area contributed by atoms with Gasteiger partial charge in [0.25, 0.3) is 0 Å². The number of carbonyl (C=O) groups is 2. The predicted octanol–water partition coefficient (Wildman–Crippen LogP) is 16.1. The Labute approximate surface area is 410 Å². The average molecular weight is 962 g/mol. The molecule has 0 fully saturated rings. The summed E-state index contributed by atoms with van der Waals surface area (Å²) >= 11 is 0. The summed E-state index contributed by atoms with van der Waals surface area (Å²) in [5.74, 6) is -1.79. The second kappa shape index (κ2) is 51.3. The molecule has 0 saturated carbocycles. The first kappa shape index (κ1) is 64.4. The molecule has 388 valence electrons. The molecule has 0 spiro atoms. The van der Waals surface area contributed by atoms with E-state index in [1.54, 1.807) is 0 Å². The van der Waals surface area contributed by atoms with Crippen LogP contribution >= 0.6 is 7.82 Å². The maximum atomic E-state index is 12.7. The van der Waals surface area contributed by atoms with E-state index in [2.05, 4.69) is 86.8 Å². The zero-order valence-corrected chi connectivity index (χ0v) is 43.6. The molecule has 0 radical (unpaired) electrons. The number of allylic oxidation sites excluding steroid dienone is 12. The number of esters is 1. The third-order valence-electron chi connectivity index (χ3n) is 11.5. The number of rotatable bonds is 51. The first-order valence-corrected chi connectivity index (χ1v) is 28.5. The van der Waals surface area contributed by atoms with Crippen LogP contribution in [0.2, 0.25) is 0 Å². The fraction of sp³-hybridized carbons (Fsp3) is 0.750. The lowest BCUT2D eigenvalue weighted by atomic mass is 10.0. The van der Waals surface area contributed by atoms with E-state index in [9.17, 15) is 19.0 Å². The number of ether oxygens (including phenoxy) is 2. The van der Waals surface area contributed by atoms with E-state index in [-0.39, 0.29) is 13.0 Å². The number of aliphatic carboxylic acids is 1. The molecule has 0 aromatic carbocycles. The Morgan fingerprint density at radius 2 is 0.866 bits per heavy atom. The van der Waals surface area contributed by atoms with Gasteiger partial charge in [-0.15, -0.1) is 0 Å². The van der Waals surface area contributed by atoms with Gasteiger partial charge >= 0.3 is 19.8 Å². The second-order valence-electron chi connectivity index (χ2n) is 18.0.